The minimum atomic E-state index is -6.56. The average Bonchev–Trinajstić information content (AvgIpc) is 3.56. The molecule has 0 saturated heterocycles. The van der Waals surface area contributed by atoms with Crippen LogP contribution in [0.2, 0.25) is 5.02 Å². The molecule has 0 unspecified atom stereocenters. The summed E-state index contributed by atoms with van der Waals surface area (Å²) in [7, 11) is 0. The standard InChI is InChI=1S/C28H24ClF7IN7O2/c1-14-8-15(37)9-18(24(46)40-25(2,3)4)17(14)11-21(45)20-10-16(41-44(20)23-19(29)6-5-7-38-23)13-43-39-12-22(42-43)26(30,31)27(32,33)28(34,35)36/h5-10,12H,11,13H2,1-4H3,(H,40,46). The molecule has 0 atom stereocenters. The second-order valence-electron chi connectivity index (χ2n) is 11.2. The Hall–Kier alpha value is -3.61. The van der Waals surface area contributed by atoms with Crippen molar-refractivity contribution in [3.8, 4) is 5.82 Å². The molecule has 9 nitrogen and oxygen atoms in total. The van der Waals surface area contributed by atoms with Crippen LogP contribution in [0.25, 0.3) is 5.82 Å². The number of amides is 1. The highest BCUT2D eigenvalue weighted by molar-refractivity contribution is 14.1. The van der Waals surface area contributed by atoms with Gasteiger partial charge in [-0.25, -0.2) is 9.67 Å². The van der Waals surface area contributed by atoms with E-state index in [4.69, 9.17) is 11.6 Å². The van der Waals surface area contributed by atoms with Crippen molar-refractivity contribution < 1.29 is 40.3 Å². The van der Waals surface area contributed by atoms with Crippen molar-refractivity contribution in [3.05, 3.63) is 85.1 Å². The first-order valence-corrected chi connectivity index (χ1v) is 14.7. The van der Waals surface area contributed by atoms with Gasteiger partial charge in [0.15, 0.2) is 17.3 Å². The number of rotatable bonds is 9. The molecule has 18 heteroatoms. The predicted molar refractivity (Wildman–Crippen MR) is 160 cm³/mol. The summed E-state index contributed by atoms with van der Waals surface area (Å²) in [5.74, 6) is -13.1. The smallest absolute Gasteiger partial charge is 0.347 e. The van der Waals surface area contributed by atoms with Gasteiger partial charge in [0, 0.05) is 27.3 Å². The zero-order valence-electron chi connectivity index (χ0n) is 24.4. The predicted octanol–water partition coefficient (Wildman–Crippen LogP) is 6.72. The van der Waals surface area contributed by atoms with Gasteiger partial charge in [0.1, 0.15) is 12.2 Å². The van der Waals surface area contributed by atoms with Crippen LogP contribution >= 0.6 is 34.2 Å². The van der Waals surface area contributed by atoms with Gasteiger partial charge in [0.2, 0.25) is 0 Å². The maximum absolute atomic E-state index is 14.2. The van der Waals surface area contributed by atoms with Crippen molar-refractivity contribution in [3.63, 3.8) is 0 Å². The highest BCUT2D eigenvalue weighted by Crippen LogP contribution is 2.51. The highest BCUT2D eigenvalue weighted by Gasteiger charge is 2.74. The first-order valence-electron chi connectivity index (χ1n) is 13.2. The summed E-state index contributed by atoms with van der Waals surface area (Å²) in [5.41, 5.74) is -1.37. The molecular weight excluding hydrogens is 762 g/mol. The first kappa shape index (κ1) is 35.2. The second-order valence-corrected chi connectivity index (χ2v) is 12.9. The molecule has 1 aromatic carbocycles. The Balaban J connectivity index is 1.73. The van der Waals surface area contributed by atoms with Crippen molar-refractivity contribution in [2.45, 2.75) is 64.2 Å². The van der Waals surface area contributed by atoms with E-state index in [-0.39, 0.29) is 40.4 Å². The van der Waals surface area contributed by atoms with Crippen molar-refractivity contribution in [1.82, 2.24) is 35.1 Å². The number of benzene rings is 1. The minimum Gasteiger partial charge on any atom is -0.347 e. The number of ketones is 1. The van der Waals surface area contributed by atoms with Crippen molar-refractivity contribution in [2.24, 2.45) is 0 Å². The van der Waals surface area contributed by atoms with E-state index in [9.17, 15) is 40.3 Å². The Morgan fingerprint density at radius 3 is 2.30 bits per heavy atom. The molecule has 0 aliphatic rings. The van der Waals surface area contributed by atoms with Crippen molar-refractivity contribution in [1.29, 1.82) is 0 Å². The third-order valence-electron chi connectivity index (χ3n) is 6.41. The SMILES string of the molecule is Cc1cc(I)cc(C(=O)NC(C)(C)C)c1CC(=O)c1cc(Cn2ncc(C(F)(F)C(F)(F)C(F)(F)F)n2)nn1-c1ncccc1Cl. The summed E-state index contributed by atoms with van der Waals surface area (Å²) in [6.45, 7) is 6.51. The molecule has 4 aromatic rings. The van der Waals surface area contributed by atoms with Crippen LogP contribution in [0.5, 0.6) is 0 Å². The molecule has 1 amide bonds. The Kier molecular flexibility index (Phi) is 9.61. The van der Waals surface area contributed by atoms with Gasteiger partial charge in [-0.15, -0.1) is 0 Å². The summed E-state index contributed by atoms with van der Waals surface area (Å²) in [6.07, 6.45) is -5.41. The van der Waals surface area contributed by atoms with Gasteiger partial charge in [-0.1, -0.05) is 11.6 Å². The molecule has 0 saturated carbocycles. The fourth-order valence-electron chi connectivity index (χ4n) is 4.27. The zero-order valence-corrected chi connectivity index (χ0v) is 27.3. The van der Waals surface area contributed by atoms with Crippen LogP contribution in [0.1, 0.15) is 64.1 Å². The molecule has 0 aliphatic heterocycles. The molecule has 3 heterocycles. The summed E-state index contributed by atoms with van der Waals surface area (Å²) in [6, 6.07) is 7.61. The monoisotopic (exact) mass is 785 g/mol. The molecule has 1 N–H and O–H groups in total. The molecular formula is C28H24ClF7IN7O2. The number of alkyl halides is 7. The van der Waals surface area contributed by atoms with Gasteiger partial charge in [-0.05, 0) is 91.7 Å². The molecule has 0 bridgehead atoms. The van der Waals surface area contributed by atoms with E-state index < -0.39 is 47.5 Å². The van der Waals surface area contributed by atoms with Crippen LogP contribution in [-0.2, 0) is 18.9 Å². The third kappa shape index (κ3) is 7.19. The summed E-state index contributed by atoms with van der Waals surface area (Å²) in [4.78, 5) is 31.6. The number of halogens is 9. The molecule has 0 fully saturated rings. The van der Waals surface area contributed by atoms with E-state index >= 15 is 0 Å². The summed E-state index contributed by atoms with van der Waals surface area (Å²) < 4.78 is 95.2. The molecule has 3 aromatic heterocycles. The van der Waals surface area contributed by atoms with E-state index in [0.717, 1.165) is 8.25 Å². The van der Waals surface area contributed by atoms with Crippen LogP contribution < -0.4 is 5.32 Å². The van der Waals surface area contributed by atoms with Gasteiger partial charge in [0.25, 0.3) is 5.91 Å². The number of pyridine rings is 1. The van der Waals surface area contributed by atoms with Gasteiger partial charge in [-0.3, -0.25) is 9.59 Å². The summed E-state index contributed by atoms with van der Waals surface area (Å²) in [5, 5.41) is 13.7. The lowest BCUT2D eigenvalue weighted by atomic mass is 9.95. The number of nitrogens with one attached hydrogen (secondary N) is 1. The summed E-state index contributed by atoms with van der Waals surface area (Å²) >= 11 is 8.35. The molecule has 4 rings (SSSR count). The number of hydrogen-bond donors (Lipinski definition) is 1. The number of Topliss-reactive ketones (excluding diaryl/α,β-unsaturated/α-hetero) is 1. The number of carbonyl (C=O) groups is 2. The number of aromatic nitrogens is 6. The minimum absolute atomic E-state index is 0.00531. The fourth-order valence-corrected chi connectivity index (χ4v) is 5.25. The number of nitrogens with zero attached hydrogens (tertiary/aromatic N) is 6. The van der Waals surface area contributed by atoms with Crippen molar-refractivity contribution in [2.75, 3.05) is 0 Å². The van der Waals surface area contributed by atoms with Crippen molar-refractivity contribution >= 4 is 45.9 Å². The van der Waals surface area contributed by atoms with E-state index in [1.807, 2.05) is 22.6 Å². The fraction of sp³-hybridized carbons (Fsp3) is 0.357. The molecule has 0 aliphatic carbocycles. The van der Waals surface area contributed by atoms with E-state index in [1.54, 1.807) is 39.8 Å². The van der Waals surface area contributed by atoms with Gasteiger partial charge >= 0.3 is 18.0 Å². The Morgan fingerprint density at radius 1 is 1.02 bits per heavy atom. The second kappa shape index (κ2) is 12.5. The van der Waals surface area contributed by atoms with Crippen LogP contribution in [0.4, 0.5) is 30.7 Å². The Labute approximate surface area is 275 Å². The number of carbonyl (C=O) groups excluding carboxylic acids is 2. The van der Waals surface area contributed by atoms with Gasteiger partial charge < -0.3 is 5.32 Å². The van der Waals surface area contributed by atoms with Gasteiger partial charge in [-0.2, -0.15) is 50.8 Å². The normalized spacial score (nSPS) is 12.8. The lowest BCUT2D eigenvalue weighted by Crippen LogP contribution is -2.50. The highest BCUT2D eigenvalue weighted by atomic mass is 127. The van der Waals surface area contributed by atoms with E-state index in [1.165, 1.54) is 24.4 Å². The van der Waals surface area contributed by atoms with Crippen LogP contribution in [0.15, 0.2) is 42.7 Å². The average molecular weight is 786 g/mol. The van der Waals surface area contributed by atoms with Gasteiger partial charge in [0.05, 0.1) is 16.9 Å². The maximum Gasteiger partial charge on any atom is 0.460 e. The molecule has 46 heavy (non-hydrogen) atoms. The number of aryl methyl sites for hydroxylation is 1. The lowest BCUT2D eigenvalue weighted by molar-refractivity contribution is -0.360. The van der Waals surface area contributed by atoms with Crippen LogP contribution in [0, 0.1) is 10.5 Å². The Morgan fingerprint density at radius 2 is 1.70 bits per heavy atom. The zero-order chi connectivity index (χ0) is 34.4. The molecule has 0 radical (unpaired) electrons. The quantitative estimate of drug-likeness (QED) is 0.115. The largest absolute Gasteiger partial charge is 0.460 e. The first-order chi connectivity index (χ1) is 21.1. The van der Waals surface area contributed by atoms with Crippen LogP contribution in [0.3, 0.4) is 0 Å². The Bertz CT molecular complexity index is 1800. The van der Waals surface area contributed by atoms with Crippen LogP contribution in [-0.4, -0.2) is 59.1 Å². The molecule has 0 spiro atoms. The van der Waals surface area contributed by atoms with E-state index in [0.29, 0.717) is 15.9 Å². The third-order valence-corrected chi connectivity index (χ3v) is 7.32. The maximum atomic E-state index is 14.2. The topological polar surface area (TPSA) is 108 Å². The molecule has 246 valence electrons. The number of hydrogen-bond acceptors (Lipinski definition) is 6. The lowest BCUT2D eigenvalue weighted by Gasteiger charge is -2.26. The van der Waals surface area contributed by atoms with E-state index in [2.05, 4.69) is 25.6 Å².